The van der Waals surface area contributed by atoms with Crippen LogP contribution in [-0.4, -0.2) is 32.8 Å². The molecule has 6 nitrogen and oxygen atoms in total. The van der Waals surface area contributed by atoms with Gasteiger partial charge in [-0.1, -0.05) is 25.9 Å². The van der Waals surface area contributed by atoms with Crippen molar-refractivity contribution in [3.8, 4) is 0 Å². The van der Waals surface area contributed by atoms with E-state index in [0.717, 1.165) is 47.3 Å². The SMILES string of the molecule is CCn1ncc(Br)c1CN(C)C(=O)c1noc2c1CC(C(C)(C)C)CC2. The van der Waals surface area contributed by atoms with Gasteiger partial charge < -0.3 is 9.42 Å². The molecule has 0 bridgehead atoms. The van der Waals surface area contributed by atoms with E-state index < -0.39 is 0 Å². The molecule has 0 saturated heterocycles. The van der Waals surface area contributed by atoms with E-state index in [1.165, 1.54) is 0 Å². The molecule has 26 heavy (non-hydrogen) atoms. The molecule has 0 saturated carbocycles. The Balaban J connectivity index is 1.81. The fourth-order valence-corrected chi connectivity index (χ4v) is 4.03. The summed E-state index contributed by atoms with van der Waals surface area (Å²) in [5, 5.41) is 8.44. The van der Waals surface area contributed by atoms with Crippen LogP contribution in [0.5, 0.6) is 0 Å². The average Bonchev–Trinajstić information content (AvgIpc) is 3.16. The zero-order chi connectivity index (χ0) is 19.1. The zero-order valence-electron chi connectivity index (χ0n) is 16.2. The topological polar surface area (TPSA) is 64.2 Å². The third-order valence-corrected chi connectivity index (χ3v) is 6.06. The maximum atomic E-state index is 13.0. The number of aryl methyl sites for hydroxylation is 2. The van der Waals surface area contributed by atoms with Crippen molar-refractivity contribution in [3.63, 3.8) is 0 Å². The highest BCUT2D eigenvalue weighted by molar-refractivity contribution is 9.10. The van der Waals surface area contributed by atoms with Crippen molar-refractivity contribution < 1.29 is 9.32 Å². The maximum Gasteiger partial charge on any atom is 0.276 e. The van der Waals surface area contributed by atoms with Gasteiger partial charge in [-0.25, -0.2) is 0 Å². The highest BCUT2D eigenvalue weighted by Gasteiger charge is 2.34. The first-order chi connectivity index (χ1) is 12.2. The normalized spacial score (nSPS) is 17.2. The molecular formula is C19H27BrN4O2. The molecule has 0 aromatic carbocycles. The summed E-state index contributed by atoms with van der Waals surface area (Å²) in [4.78, 5) is 14.7. The first kappa shape index (κ1) is 19.1. The largest absolute Gasteiger partial charge is 0.360 e. The highest BCUT2D eigenvalue weighted by atomic mass is 79.9. The average molecular weight is 423 g/mol. The summed E-state index contributed by atoms with van der Waals surface area (Å²) in [6, 6.07) is 0. The van der Waals surface area contributed by atoms with Gasteiger partial charge in [0.05, 0.1) is 22.9 Å². The minimum Gasteiger partial charge on any atom is -0.360 e. The van der Waals surface area contributed by atoms with E-state index in [-0.39, 0.29) is 11.3 Å². The highest BCUT2D eigenvalue weighted by Crippen LogP contribution is 2.38. The molecule has 1 atom stereocenters. The van der Waals surface area contributed by atoms with Crippen LogP contribution in [0, 0.1) is 11.3 Å². The predicted molar refractivity (Wildman–Crippen MR) is 103 cm³/mol. The van der Waals surface area contributed by atoms with Crippen LogP contribution in [0.3, 0.4) is 0 Å². The molecule has 2 heterocycles. The number of aromatic nitrogens is 3. The van der Waals surface area contributed by atoms with Crippen LogP contribution >= 0.6 is 15.9 Å². The van der Waals surface area contributed by atoms with E-state index in [4.69, 9.17) is 4.52 Å². The Hall–Kier alpha value is -1.63. The minimum atomic E-state index is -0.0969. The summed E-state index contributed by atoms with van der Waals surface area (Å²) >= 11 is 3.52. The number of fused-ring (bicyclic) bond motifs is 1. The molecule has 3 rings (SSSR count). The van der Waals surface area contributed by atoms with Gasteiger partial charge >= 0.3 is 0 Å². The van der Waals surface area contributed by atoms with E-state index in [9.17, 15) is 4.79 Å². The smallest absolute Gasteiger partial charge is 0.276 e. The number of rotatable bonds is 4. The van der Waals surface area contributed by atoms with Crippen LogP contribution in [0.1, 0.15) is 61.6 Å². The fourth-order valence-electron chi connectivity index (χ4n) is 3.61. The molecule has 1 unspecified atom stereocenters. The number of carbonyl (C=O) groups excluding carboxylic acids is 1. The van der Waals surface area contributed by atoms with Crippen LogP contribution in [0.2, 0.25) is 0 Å². The first-order valence-corrected chi connectivity index (χ1v) is 9.94. The molecule has 2 aromatic heterocycles. The number of hydrogen-bond donors (Lipinski definition) is 0. The molecule has 142 valence electrons. The van der Waals surface area contributed by atoms with Crippen molar-refractivity contribution in [1.29, 1.82) is 0 Å². The summed E-state index contributed by atoms with van der Waals surface area (Å²) in [7, 11) is 1.80. The molecule has 0 aliphatic heterocycles. The van der Waals surface area contributed by atoms with Crippen LogP contribution in [0.25, 0.3) is 0 Å². The lowest BCUT2D eigenvalue weighted by atomic mass is 9.71. The van der Waals surface area contributed by atoms with E-state index >= 15 is 0 Å². The molecule has 2 aromatic rings. The first-order valence-electron chi connectivity index (χ1n) is 9.15. The molecular weight excluding hydrogens is 396 g/mol. The molecule has 0 N–H and O–H groups in total. The second-order valence-corrected chi connectivity index (χ2v) is 9.01. The van der Waals surface area contributed by atoms with E-state index in [0.29, 0.717) is 18.2 Å². The molecule has 0 fully saturated rings. The van der Waals surface area contributed by atoms with Gasteiger partial charge in [-0.05, 0) is 47.0 Å². The lowest BCUT2D eigenvalue weighted by Gasteiger charge is -2.33. The molecule has 1 amide bonds. The minimum absolute atomic E-state index is 0.0969. The molecule has 1 aliphatic carbocycles. The van der Waals surface area contributed by atoms with Crippen LogP contribution in [0.4, 0.5) is 0 Å². The Labute approximate surface area is 163 Å². The second-order valence-electron chi connectivity index (χ2n) is 8.15. The Morgan fingerprint density at radius 2 is 2.19 bits per heavy atom. The third kappa shape index (κ3) is 3.59. The lowest BCUT2D eigenvalue weighted by Crippen LogP contribution is -2.31. The van der Waals surface area contributed by atoms with E-state index in [1.54, 1.807) is 18.1 Å². The van der Waals surface area contributed by atoms with Gasteiger partial charge in [0.25, 0.3) is 5.91 Å². The number of carbonyl (C=O) groups is 1. The van der Waals surface area contributed by atoms with Crippen LogP contribution < -0.4 is 0 Å². The Morgan fingerprint density at radius 3 is 2.85 bits per heavy atom. The number of halogens is 1. The fraction of sp³-hybridized carbons (Fsp3) is 0.632. The zero-order valence-corrected chi connectivity index (χ0v) is 17.8. The molecule has 1 aliphatic rings. The summed E-state index contributed by atoms with van der Waals surface area (Å²) in [5.41, 5.74) is 2.65. The van der Waals surface area contributed by atoms with Crippen molar-refractivity contribution in [2.45, 2.75) is 60.0 Å². The molecule has 0 radical (unpaired) electrons. The van der Waals surface area contributed by atoms with Gasteiger partial charge in [0.15, 0.2) is 5.69 Å². The maximum absolute atomic E-state index is 13.0. The second kappa shape index (κ2) is 7.18. The molecule has 7 heteroatoms. The van der Waals surface area contributed by atoms with Gasteiger partial charge in [-0.3, -0.25) is 9.48 Å². The standard InChI is InChI=1S/C19H27BrN4O2/c1-6-24-15(14(20)10-21-24)11-23(5)18(25)17-13-9-12(19(2,3)4)7-8-16(13)26-22-17/h10,12H,6-9,11H2,1-5H3. The summed E-state index contributed by atoms with van der Waals surface area (Å²) in [6.45, 7) is 10.0. The van der Waals surface area contributed by atoms with Crippen molar-refractivity contribution in [2.24, 2.45) is 11.3 Å². The lowest BCUT2D eigenvalue weighted by molar-refractivity contribution is 0.0769. The van der Waals surface area contributed by atoms with E-state index in [1.807, 2.05) is 11.6 Å². The molecule has 0 spiro atoms. The van der Waals surface area contributed by atoms with Gasteiger partial charge in [0.2, 0.25) is 0 Å². The Kier molecular flexibility index (Phi) is 5.28. The van der Waals surface area contributed by atoms with Crippen LogP contribution in [-0.2, 0) is 25.9 Å². The number of amides is 1. The number of hydrogen-bond acceptors (Lipinski definition) is 4. The summed E-state index contributed by atoms with van der Waals surface area (Å²) < 4.78 is 8.30. The van der Waals surface area contributed by atoms with Crippen molar-refractivity contribution in [3.05, 3.63) is 33.4 Å². The monoisotopic (exact) mass is 422 g/mol. The van der Waals surface area contributed by atoms with Gasteiger partial charge in [-0.15, -0.1) is 0 Å². The van der Waals surface area contributed by atoms with Crippen molar-refractivity contribution in [2.75, 3.05) is 7.05 Å². The Morgan fingerprint density at radius 1 is 1.46 bits per heavy atom. The van der Waals surface area contributed by atoms with Crippen LogP contribution in [0.15, 0.2) is 15.2 Å². The Bertz CT molecular complexity index is 803. The third-order valence-electron chi connectivity index (χ3n) is 5.40. The summed E-state index contributed by atoms with van der Waals surface area (Å²) in [6.07, 6.45) is 4.56. The van der Waals surface area contributed by atoms with E-state index in [2.05, 4.69) is 47.0 Å². The number of nitrogens with zero attached hydrogens (tertiary/aromatic N) is 4. The quantitative estimate of drug-likeness (QED) is 0.744. The van der Waals surface area contributed by atoms with Gasteiger partial charge in [-0.2, -0.15) is 5.10 Å². The summed E-state index contributed by atoms with van der Waals surface area (Å²) in [5.74, 6) is 1.31. The van der Waals surface area contributed by atoms with Crippen molar-refractivity contribution in [1.82, 2.24) is 19.8 Å². The van der Waals surface area contributed by atoms with Gasteiger partial charge in [0, 0.05) is 25.6 Å². The van der Waals surface area contributed by atoms with Gasteiger partial charge in [0.1, 0.15) is 5.76 Å². The predicted octanol–water partition coefficient (Wildman–Crippen LogP) is 4.08. The van der Waals surface area contributed by atoms with Crippen molar-refractivity contribution >= 4 is 21.8 Å².